The molecule has 0 aromatic carbocycles. The van der Waals surface area contributed by atoms with E-state index in [9.17, 15) is 0 Å². The fraction of sp³-hybridized carbons (Fsp3) is 0.600. The van der Waals surface area contributed by atoms with Gasteiger partial charge in [-0.25, -0.2) is 0 Å². The van der Waals surface area contributed by atoms with E-state index >= 15 is 0 Å². The molecule has 0 radical (unpaired) electrons. The van der Waals surface area contributed by atoms with Crippen molar-refractivity contribution in [2.24, 2.45) is 11.1 Å². The van der Waals surface area contributed by atoms with E-state index in [-0.39, 0.29) is 18.4 Å². The lowest BCUT2D eigenvalue weighted by Crippen LogP contribution is -2.28. The fourth-order valence-corrected chi connectivity index (χ4v) is 3.25. The number of halogens is 1. The van der Waals surface area contributed by atoms with E-state index in [1.807, 2.05) is 11.3 Å². The zero-order valence-corrected chi connectivity index (χ0v) is 9.67. The van der Waals surface area contributed by atoms with E-state index in [1.165, 1.54) is 16.9 Å². The summed E-state index contributed by atoms with van der Waals surface area (Å²) >= 11 is 1.85. The van der Waals surface area contributed by atoms with Crippen LogP contribution in [0.15, 0.2) is 11.4 Å². The van der Waals surface area contributed by atoms with Crippen molar-refractivity contribution >= 4 is 23.7 Å². The molecule has 2 rings (SSSR count). The molecule has 1 aliphatic rings. The monoisotopic (exact) mass is 217 g/mol. The maximum absolute atomic E-state index is 6.07. The van der Waals surface area contributed by atoms with Gasteiger partial charge in [0.05, 0.1) is 0 Å². The minimum absolute atomic E-state index is 0. The highest BCUT2D eigenvalue weighted by atomic mass is 35.5. The highest BCUT2D eigenvalue weighted by Crippen LogP contribution is 2.41. The molecular weight excluding hydrogens is 202 g/mol. The van der Waals surface area contributed by atoms with Crippen LogP contribution in [0.25, 0.3) is 0 Å². The Morgan fingerprint density at radius 3 is 2.92 bits per heavy atom. The van der Waals surface area contributed by atoms with Crippen molar-refractivity contribution in [2.45, 2.75) is 32.7 Å². The van der Waals surface area contributed by atoms with Crippen molar-refractivity contribution in [3.8, 4) is 0 Å². The standard InChI is InChI=1S/C10H15NS.ClH/c1-10(2)5-8(11)7-3-4-12-9(7)6-10;/h3-4,8H,5-6,11H2,1-2H3;1H. The number of hydrogen-bond donors (Lipinski definition) is 1. The van der Waals surface area contributed by atoms with E-state index < -0.39 is 0 Å². The first kappa shape index (κ1) is 11.0. The van der Waals surface area contributed by atoms with Crippen LogP contribution in [-0.2, 0) is 6.42 Å². The van der Waals surface area contributed by atoms with Crippen LogP contribution >= 0.6 is 23.7 Å². The van der Waals surface area contributed by atoms with Crippen molar-refractivity contribution in [3.05, 3.63) is 21.9 Å². The van der Waals surface area contributed by atoms with Crippen LogP contribution in [0.5, 0.6) is 0 Å². The van der Waals surface area contributed by atoms with Crippen molar-refractivity contribution < 1.29 is 0 Å². The van der Waals surface area contributed by atoms with Crippen LogP contribution in [-0.4, -0.2) is 0 Å². The number of rotatable bonds is 0. The molecule has 0 bridgehead atoms. The fourth-order valence-electron chi connectivity index (χ4n) is 2.04. The number of nitrogens with two attached hydrogens (primary N) is 1. The summed E-state index contributed by atoms with van der Waals surface area (Å²) in [6.07, 6.45) is 2.32. The lowest BCUT2D eigenvalue weighted by atomic mass is 9.75. The first-order valence-corrected chi connectivity index (χ1v) is 5.28. The molecule has 0 aliphatic heterocycles. The van der Waals surface area contributed by atoms with Gasteiger partial charge in [-0.05, 0) is 35.3 Å². The molecule has 2 N–H and O–H groups in total. The topological polar surface area (TPSA) is 26.0 Å². The molecule has 74 valence electrons. The largest absolute Gasteiger partial charge is 0.324 e. The third-order valence-corrected chi connectivity index (χ3v) is 3.53. The van der Waals surface area contributed by atoms with E-state index in [0.29, 0.717) is 5.41 Å². The number of fused-ring (bicyclic) bond motifs is 1. The van der Waals surface area contributed by atoms with Gasteiger partial charge in [-0.2, -0.15) is 0 Å². The zero-order valence-electron chi connectivity index (χ0n) is 8.04. The van der Waals surface area contributed by atoms with Gasteiger partial charge in [-0.1, -0.05) is 13.8 Å². The Hall–Kier alpha value is -0.0500. The second kappa shape index (κ2) is 3.60. The third-order valence-electron chi connectivity index (χ3n) is 2.59. The van der Waals surface area contributed by atoms with Gasteiger partial charge >= 0.3 is 0 Å². The maximum atomic E-state index is 6.07. The molecule has 3 heteroatoms. The molecule has 1 aromatic rings. The average Bonchev–Trinajstić information content (AvgIpc) is 2.31. The second-order valence-corrected chi connectivity index (χ2v) is 5.45. The van der Waals surface area contributed by atoms with Gasteiger partial charge in [0.15, 0.2) is 0 Å². The zero-order chi connectivity index (χ0) is 8.77. The van der Waals surface area contributed by atoms with E-state index in [0.717, 1.165) is 6.42 Å². The summed E-state index contributed by atoms with van der Waals surface area (Å²) < 4.78 is 0. The smallest absolute Gasteiger partial charge is 0.0311 e. The molecule has 0 spiro atoms. The van der Waals surface area contributed by atoms with Gasteiger partial charge in [0.2, 0.25) is 0 Å². The maximum Gasteiger partial charge on any atom is 0.0311 e. The van der Waals surface area contributed by atoms with Crippen molar-refractivity contribution in [1.82, 2.24) is 0 Å². The average molecular weight is 218 g/mol. The van der Waals surface area contributed by atoms with E-state index in [4.69, 9.17) is 5.73 Å². The third kappa shape index (κ3) is 2.06. The molecule has 0 saturated carbocycles. The van der Waals surface area contributed by atoms with Crippen LogP contribution in [0.2, 0.25) is 0 Å². The summed E-state index contributed by atoms with van der Waals surface area (Å²) in [5.41, 5.74) is 7.86. The molecule has 1 unspecified atom stereocenters. The van der Waals surface area contributed by atoms with E-state index in [2.05, 4.69) is 25.3 Å². The Labute approximate surface area is 89.7 Å². The van der Waals surface area contributed by atoms with Gasteiger partial charge < -0.3 is 5.73 Å². The first-order valence-electron chi connectivity index (χ1n) is 4.40. The Kier molecular flexibility index (Phi) is 3.05. The summed E-state index contributed by atoms with van der Waals surface area (Å²) in [5.74, 6) is 0. The molecule has 1 atom stereocenters. The molecular formula is C10H16ClNS. The lowest BCUT2D eigenvalue weighted by molar-refractivity contribution is 0.286. The van der Waals surface area contributed by atoms with Crippen molar-refractivity contribution in [3.63, 3.8) is 0 Å². The molecule has 13 heavy (non-hydrogen) atoms. The highest BCUT2D eigenvalue weighted by molar-refractivity contribution is 7.10. The normalized spacial score (nSPS) is 24.7. The highest BCUT2D eigenvalue weighted by Gasteiger charge is 2.30. The minimum Gasteiger partial charge on any atom is -0.324 e. The van der Waals surface area contributed by atoms with Crippen LogP contribution in [0.4, 0.5) is 0 Å². The van der Waals surface area contributed by atoms with Crippen LogP contribution < -0.4 is 5.73 Å². The van der Waals surface area contributed by atoms with Crippen molar-refractivity contribution in [1.29, 1.82) is 0 Å². The Morgan fingerprint density at radius 1 is 1.54 bits per heavy atom. The van der Waals surface area contributed by atoms with Crippen LogP contribution in [0.1, 0.15) is 36.8 Å². The van der Waals surface area contributed by atoms with E-state index in [1.54, 1.807) is 0 Å². The molecule has 1 nitrogen and oxygen atoms in total. The first-order chi connectivity index (χ1) is 5.58. The summed E-state index contributed by atoms with van der Waals surface area (Å²) in [6.45, 7) is 4.60. The summed E-state index contributed by atoms with van der Waals surface area (Å²) in [4.78, 5) is 1.50. The summed E-state index contributed by atoms with van der Waals surface area (Å²) in [7, 11) is 0. The minimum atomic E-state index is 0. The molecule has 0 saturated heterocycles. The lowest BCUT2D eigenvalue weighted by Gasteiger charge is -2.33. The van der Waals surface area contributed by atoms with Gasteiger partial charge in [0.25, 0.3) is 0 Å². The van der Waals surface area contributed by atoms with Gasteiger partial charge in [0.1, 0.15) is 0 Å². The van der Waals surface area contributed by atoms with Crippen LogP contribution in [0, 0.1) is 5.41 Å². The summed E-state index contributed by atoms with van der Waals surface area (Å²) in [5, 5.41) is 2.16. The summed E-state index contributed by atoms with van der Waals surface area (Å²) in [6, 6.07) is 2.45. The molecule has 1 heterocycles. The molecule has 1 aromatic heterocycles. The second-order valence-electron chi connectivity index (χ2n) is 4.45. The number of thiophene rings is 1. The SMILES string of the molecule is CC1(C)Cc2sccc2C(N)C1.Cl. The molecule has 1 aliphatic carbocycles. The van der Waals surface area contributed by atoms with Gasteiger partial charge in [-0.15, -0.1) is 23.7 Å². The Bertz CT molecular complexity index is 293. The Morgan fingerprint density at radius 2 is 2.23 bits per heavy atom. The van der Waals surface area contributed by atoms with Crippen molar-refractivity contribution in [2.75, 3.05) is 0 Å². The Balaban J connectivity index is 0.000000845. The quantitative estimate of drug-likeness (QED) is 0.710. The predicted octanol–water partition coefficient (Wildman–Crippen LogP) is 3.14. The predicted molar refractivity (Wildman–Crippen MR) is 60.6 cm³/mol. The van der Waals surface area contributed by atoms with Crippen LogP contribution in [0.3, 0.4) is 0 Å². The molecule has 0 fully saturated rings. The van der Waals surface area contributed by atoms with Gasteiger partial charge in [-0.3, -0.25) is 0 Å². The van der Waals surface area contributed by atoms with Gasteiger partial charge in [0, 0.05) is 10.9 Å². The molecule has 0 amide bonds. The number of hydrogen-bond acceptors (Lipinski definition) is 2.